The van der Waals surface area contributed by atoms with Gasteiger partial charge in [0.15, 0.2) is 5.82 Å². The van der Waals surface area contributed by atoms with Crippen LogP contribution in [0, 0.1) is 0 Å². The van der Waals surface area contributed by atoms with Gasteiger partial charge >= 0.3 is 11.7 Å². The molecule has 1 aliphatic heterocycles. The van der Waals surface area contributed by atoms with E-state index in [9.17, 15) is 9.59 Å². The van der Waals surface area contributed by atoms with Crippen molar-refractivity contribution in [1.82, 2.24) is 15.1 Å². The summed E-state index contributed by atoms with van der Waals surface area (Å²) in [6, 6.07) is 14.8. The highest BCUT2D eigenvalue weighted by molar-refractivity contribution is 5.99. The van der Waals surface area contributed by atoms with E-state index in [4.69, 9.17) is 4.42 Å². The highest BCUT2D eigenvalue weighted by atomic mass is 16.4. The van der Waals surface area contributed by atoms with Crippen molar-refractivity contribution in [2.45, 2.75) is 13.0 Å². The minimum absolute atomic E-state index is 0.219. The Morgan fingerprint density at radius 2 is 1.85 bits per heavy atom. The summed E-state index contributed by atoms with van der Waals surface area (Å²) < 4.78 is 5.42. The molecule has 0 spiro atoms. The Hall–Kier alpha value is -3.61. The molecule has 134 valence electrons. The number of nitrogens with zero attached hydrogens (tertiary/aromatic N) is 2. The number of para-hydroxylation sites is 2. The Kier molecular flexibility index (Phi) is 3.46. The van der Waals surface area contributed by atoms with Crippen LogP contribution >= 0.6 is 0 Å². The van der Waals surface area contributed by atoms with Crippen molar-refractivity contribution in [2.24, 2.45) is 0 Å². The van der Waals surface area contributed by atoms with Gasteiger partial charge in [0.1, 0.15) is 5.58 Å². The first-order valence-electron chi connectivity index (χ1n) is 8.73. The number of benzene rings is 2. The number of aromatic amines is 1. The van der Waals surface area contributed by atoms with Crippen molar-refractivity contribution in [3.63, 3.8) is 0 Å². The van der Waals surface area contributed by atoms with E-state index in [1.165, 1.54) is 0 Å². The van der Waals surface area contributed by atoms with Crippen LogP contribution in [0.3, 0.4) is 0 Å². The molecule has 0 fully saturated rings. The Balaban J connectivity index is 1.44. The molecule has 0 radical (unpaired) electrons. The zero-order chi connectivity index (χ0) is 18.4. The lowest BCUT2D eigenvalue weighted by molar-refractivity contribution is 0.205. The molecule has 3 heterocycles. The molecule has 7 heteroatoms. The third-order valence-corrected chi connectivity index (χ3v) is 4.99. The Labute approximate surface area is 153 Å². The van der Waals surface area contributed by atoms with Crippen LogP contribution in [0.25, 0.3) is 21.9 Å². The summed E-state index contributed by atoms with van der Waals surface area (Å²) in [4.78, 5) is 26.7. The van der Waals surface area contributed by atoms with Crippen molar-refractivity contribution >= 4 is 33.7 Å². The van der Waals surface area contributed by atoms with Crippen molar-refractivity contribution in [1.29, 1.82) is 0 Å². The molecule has 5 rings (SSSR count). The normalized spacial score (nSPS) is 13.7. The lowest BCUT2D eigenvalue weighted by Gasteiger charge is -2.28. The molecule has 0 aliphatic carbocycles. The SMILES string of the molecule is O=C(Nc1n[nH]c2ccccc12)N1CCc2c(c(=O)oc3ccccc23)C1. The van der Waals surface area contributed by atoms with Crippen LogP contribution in [-0.2, 0) is 13.0 Å². The number of amides is 2. The Morgan fingerprint density at radius 1 is 1.07 bits per heavy atom. The predicted octanol–water partition coefficient (Wildman–Crippen LogP) is 3.26. The van der Waals surface area contributed by atoms with E-state index in [2.05, 4.69) is 15.5 Å². The van der Waals surface area contributed by atoms with Gasteiger partial charge < -0.3 is 9.32 Å². The van der Waals surface area contributed by atoms with Crippen LogP contribution in [0.5, 0.6) is 0 Å². The summed E-state index contributed by atoms with van der Waals surface area (Å²) in [5.74, 6) is 0.479. The fraction of sp³-hybridized carbons (Fsp3) is 0.150. The maximum Gasteiger partial charge on any atom is 0.341 e. The number of rotatable bonds is 1. The molecule has 0 atom stereocenters. The number of anilines is 1. The largest absolute Gasteiger partial charge is 0.422 e. The minimum atomic E-state index is -0.383. The van der Waals surface area contributed by atoms with Gasteiger partial charge in [0.25, 0.3) is 0 Å². The van der Waals surface area contributed by atoms with Gasteiger partial charge in [0, 0.05) is 17.3 Å². The molecule has 0 saturated heterocycles. The van der Waals surface area contributed by atoms with Gasteiger partial charge in [-0.15, -0.1) is 0 Å². The third-order valence-electron chi connectivity index (χ3n) is 4.99. The van der Waals surface area contributed by atoms with Crippen LogP contribution in [0.4, 0.5) is 10.6 Å². The molecule has 0 unspecified atom stereocenters. The average Bonchev–Trinajstić information content (AvgIpc) is 3.11. The van der Waals surface area contributed by atoms with E-state index >= 15 is 0 Å². The quantitative estimate of drug-likeness (QED) is 0.510. The molecule has 4 aromatic rings. The predicted molar refractivity (Wildman–Crippen MR) is 102 cm³/mol. The topological polar surface area (TPSA) is 91.2 Å². The van der Waals surface area contributed by atoms with Crippen molar-refractivity contribution in [2.75, 3.05) is 11.9 Å². The first kappa shape index (κ1) is 15.6. The van der Waals surface area contributed by atoms with Crippen molar-refractivity contribution in [3.8, 4) is 0 Å². The van der Waals surface area contributed by atoms with Crippen LogP contribution in [0.2, 0.25) is 0 Å². The molecular weight excluding hydrogens is 344 g/mol. The molecule has 2 N–H and O–H groups in total. The molecule has 1 aliphatic rings. The summed E-state index contributed by atoms with van der Waals surface area (Å²) in [6.45, 7) is 0.741. The van der Waals surface area contributed by atoms with Gasteiger partial charge in [-0.05, 0) is 30.2 Å². The number of aromatic nitrogens is 2. The van der Waals surface area contributed by atoms with E-state index in [0.717, 1.165) is 21.9 Å². The van der Waals surface area contributed by atoms with Gasteiger partial charge in [-0.1, -0.05) is 30.3 Å². The second kappa shape index (κ2) is 5.98. The molecule has 27 heavy (non-hydrogen) atoms. The minimum Gasteiger partial charge on any atom is -0.422 e. The smallest absolute Gasteiger partial charge is 0.341 e. The molecular formula is C20H16N4O3. The molecule has 0 saturated carbocycles. The fourth-order valence-electron chi connectivity index (χ4n) is 3.63. The lowest BCUT2D eigenvalue weighted by atomic mass is 9.98. The average molecular weight is 360 g/mol. The van der Waals surface area contributed by atoms with Crippen molar-refractivity contribution < 1.29 is 9.21 Å². The summed E-state index contributed by atoms with van der Waals surface area (Å²) >= 11 is 0. The van der Waals surface area contributed by atoms with E-state index < -0.39 is 0 Å². The standard InChI is InChI=1S/C20H16N4O3/c25-19-15-11-24(10-9-12(15)13-5-2-4-8-17(13)27-19)20(26)21-18-14-6-1-3-7-16(14)22-23-18/h1-8H,9-11H2,(H2,21,22,23,26). The van der Waals surface area contributed by atoms with Gasteiger partial charge in [-0.2, -0.15) is 5.10 Å². The molecule has 2 amide bonds. The number of nitrogens with one attached hydrogen (secondary N) is 2. The van der Waals surface area contributed by atoms with Gasteiger partial charge in [-0.25, -0.2) is 9.59 Å². The number of fused-ring (bicyclic) bond motifs is 4. The summed E-state index contributed by atoms with van der Waals surface area (Å²) in [5, 5.41) is 11.7. The van der Waals surface area contributed by atoms with Crippen LogP contribution in [0.1, 0.15) is 11.1 Å². The Bertz CT molecular complexity index is 1240. The van der Waals surface area contributed by atoms with E-state index in [-0.39, 0.29) is 18.2 Å². The molecule has 2 aromatic heterocycles. The number of carbonyl (C=O) groups excluding carboxylic acids is 1. The number of hydrogen-bond acceptors (Lipinski definition) is 4. The molecule has 7 nitrogen and oxygen atoms in total. The van der Waals surface area contributed by atoms with Gasteiger partial charge in [0.2, 0.25) is 0 Å². The van der Waals surface area contributed by atoms with Crippen LogP contribution in [-0.4, -0.2) is 27.7 Å². The van der Waals surface area contributed by atoms with Crippen LogP contribution in [0.15, 0.2) is 57.7 Å². The van der Waals surface area contributed by atoms with E-state index in [0.29, 0.717) is 29.9 Å². The number of urea groups is 1. The maximum absolute atomic E-state index is 12.7. The molecule has 2 aromatic carbocycles. The monoisotopic (exact) mass is 360 g/mol. The Morgan fingerprint density at radius 3 is 2.74 bits per heavy atom. The summed E-state index contributed by atoms with van der Waals surface area (Å²) in [7, 11) is 0. The second-order valence-electron chi connectivity index (χ2n) is 6.56. The van der Waals surface area contributed by atoms with Gasteiger partial charge in [-0.3, -0.25) is 10.4 Å². The fourth-order valence-corrected chi connectivity index (χ4v) is 3.63. The number of H-pyrrole nitrogens is 1. The summed E-state index contributed by atoms with van der Waals surface area (Å²) in [5.41, 5.74) is 2.57. The van der Waals surface area contributed by atoms with E-state index in [1.54, 1.807) is 11.0 Å². The zero-order valence-electron chi connectivity index (χ0n) is 14.4. The number of carbonyl (C=O) groups is 1. The van der Waals surface area contributed by atoms with Crippen molar-refractivity contribution in [3.05, 3.63) is 70.1 Å². The number of hydrogen-bond donors (Lipinski definition) is 2. The third kappa shape index (κ3) is 2.55. The second-order valence-corrected chi connectivity index (χ2v) is 6.56. The highest BCUT2D eigenvalue weighted by Gasteiger charge is 2.26. The molecule has 0 bridgehead atoms. The first-order chi connectivity index (χ1) is 13.2. The van der Waals surface area contributed by atoms with Gasteiger partial charge in [0.05, 0.1) is 17.6 Å². The van der Waals surface area contributed by atoms with Crippen LogP contribution < -0.4 is 10.9 Å². The summed E-state index contributed by atoms with van der Waals surface area (Å²) in [6.07, 6.45) is 0.607. The first-order valence-corrected chi connectivity index (χ1v) is 8.73. The lowest BCUT2D eigenvalue weighted by Crippen LogP contribution is -2.41. The maximum atomic E-state index is 12.7. The zero-order valence-corrected chi connectivity index (χ0v) is 14.4. The van der Waals surface area contributed by atoms with E-state index in [1.807, 2.05) is 42.5 Å². The highest BCUT2D eigenvalue weighted by Crippen LogP contribution is 2.26.